The Kier molecular flexibility index (Phi) is 8.64. The largest absolute Gasteiger partial charge is 0.381 e. The van der Waals surface area contributed by atoms with Crippen molar-refractivity contribution in [3.8, 4) is 0 Å². The maximum atomic E-state index is 5.52. The third-order valence-corrected chi connectivity index (χ3v) is 4.69. The maximum absolute atomic E-state index is 5.52. The topological polar surface area (TPSA) is 27.7 Å². The predicted octanol–water partition coefficient (Wildman–Crippen LogP) is 2.30. The number of rotatable bonds is 11. The molecule has 0 unspecified atom stereocenters. The van der Waals surface area contributed by atoms with Crippen LogP contribution in [-0.2, 0) is 4.74 Å². The average Bonchev–Trinajstić information content (AvgIpc) is 3.19. The molecule has 0 aromatic carbocycles. The Morgan fingerprint density at radius 3 is 2.10 bits per heavy atom. The van der Waals surface area contributed by atoms with E-state index in [2.05, 4.69) is 22.0 Å². The lowest BCUT2D eigenvalue weighted by molar-refractivity contribution is 0.0718. The summed E-state index contributed by atoms with van der Waals surface area (Å²) in [5.41, 5.74) is 0. The number of hydrogen-bond donors (Lipinski definition) is 1. The molecule has 21 heavy (non-hydrogen) atoms. The fourth-order valence-electron chi connectivity index (χ4n) is 3.58. The minimum atomic E-state index is 0.693. The monoisotopic (exact) mass is 297 g/mol. The quantitative estimate of drug-likeness (QED) is 0.592. The summed E-state index contributed by atoms with van der Waals surface area (Å²) >= 11 is 0. The van der Waals surface area contributed by atoms with Gasteiger partial charge in [0.1, 0.15) is 0 Å². The molecule has 0 amide bonds. The number of nitrogens with one attached hydrogen (secondary N) is 1. The van der Waals surface area contributed by atoms with Gasteiger partial charge in [0.2, 0.25) is 0 Å². The van der Waals surface area contributed by atoms with E-state index in [9.17, 15) is 0 Å². The van der Waals surface area contributed by atoms with Crippen LogP contribution in [0.1, 0.15) is 51.9 Å². The molecule has 2 rings (SSSR count). The van der Waals surface area contributed by atoms with E-state index in [-0.39, 0.29) is 0 Å². The van der Waals surface area contributed by atoms with Crippen LogP contribution in [0.2, 0.25) is 0 Å². The summed E-state index contributed by atoms with van der Waals surface area (Å²) in [6.45, 7) is 11.5. The van der Waals surface area contributed by atoms with Gasteiger partial charge in [-0.3, -0.25) is 9.80 Å². The minimum absolute atomic E-state index is 0.693. The molecule has 2 fully saturated rings. The van der Waals surface area contributed by atoms with Crippen LogP contribution in [0.5, 0.6) is 0 Å². The van der Waals surface area contributed by atoms with Crippen LogP contribution in [0.15, 0.2) is 0 Å². The van der Waals surface area contributed by atoms with Gasteiger partial charge >= 0.3 is 0 Å². The molecule has 0 atom stereocenters. The molecule has 2 aliphatic rings. The van der Waals surface area contributed by atoms with Crippen molar-refractivity contribution in [3.63, 3.8) is 0 Å². The first kappa shape index (κ1) is 17.2. The average molecular weight is 297 g/mol. The second-order valence-electron chi connectivity index (χ2n) is 6.47. The van der Waals surface area contributed by atoms with Crippen molar-refractivity contribution in [2.24, 2.45) is 0 Å². The summed E-state index contributed by atoms with van der Waals surface area (Å²) in [5.74, 6) is 0. The summed E-state index contributed by atoms with van der Waals surface area (Å²) < 4.78 is 5.52. The zero-order valence-electron chi connectivity index (χ0n) is 14.0. The van der Waals surface area contributed by atoms with Crippen LogP contribution in [-0.4, -0.2) is 68.4 Å². The molecule has 0 aromatic heterocycles. The fourth-order valence-corrected chi connectivity index (χ4v) is 3.58. The molecule has 0 bridgehead atoms. The highest BCUT2D eigenvalue weighted by Crippen LogP contribution is 2.21. The lowest BCUT2D eigenvalue weighted by Gasteiger charge is -2.35. The van der Waals surface area contributed by atoms with Crippen molar-refractivity contribution in [3.05, 3.63) is 0 Å². The standard InChI is InChI=1S/C17H35N3O/c1-2-15-21-16-7-9-18-10-8-17(19-11-3-4-12-19)20-13-5-6-14-20/h17-18H,2-16H2,1H3. The van der Waals surface area contributed by atoms with Crippen LogP contribution in [0.25, 0.3) is 0 Å². The zero-order valence-corrected chi connectivity index (χ0v) is 14.0. The molecule has 124 valence electrons. The van der Waals surface area contributed by atoms with Gasteiger partial charge in [0, 0.05) is 13.2 Å². The van der Waals surface area contributed by atoms with Crippen molar-refractivity contribution in [2.75, 3.05) is 52.5 Å². The summed E-state index contributed by atoms with van der Waals surface area (Å²) in [7, 11) is 0. The zero-order chi connectivity index (χ0) is 14.8. The SMILES string of the molecule is CCCOCCCNCCC(N1CCCC1)N1CCCC1. The van der Waals surface area contributed by atoms with Crippen molar-refractivity contribution < 1.29 is 4.74 Å². The molecule has 0 spiro atoms. The Labute approximate surface area is 131 Å². The van der Waals surface area contributed by atoms with Crippen LogP contribution in [0.4, 0.5) is 0 Å². The van der Waals surface area contributed by atoms with Crippen molar-refractivity contribution in [1.29, 1.82) is 0 Å². The van der Waals surface area contributed by atoms with Gasteiger partial charge in [-0.25, -0.2) is 0 Å². The molecule has 0 aliphatic carbocycles. The highest BCUT2D eigenvalue weighted by atomic mass is 16.5. The van der Waals surface area contributed by atoms with E-state index in [0.29, 0.717) is 6.17 Å². The Balaban J connectivity index is 1.58. The minimum Gasteiger partial charge on any atom is -0.381 e. The Hall–Kier alpha value is -0.160. The molecule has 4 nitrogen and oxygen atoms in total. The third kappa shape index (κ3) is 6.23. The molecule has 0 aromatic rings. The molecule has 0 saturated carbocycles. The first-order valence-corrected chi connectivity index (χ1v) is 9.18. The first-order valence-electron chi connectivity index (χ1n) is 9.18. The van der Waals surface area contributed by atoms with Crippen LogP contribution in [0.3, 0.4) is 0 Å². The molecular formula is C17H35N3O. The fraction of sp³-hybridized carbons (Fsp3) is 1.00. The van der Waals surface area contributed by atoms with E-state index in [1.54, 1.807) is 0 Å². The highest BCUT2D eigenvalue weighted by molar-refractivity contribution is 4.80. The summed E-state index contributed by atoms with van der Waals surface area (Å²) in [4.78, 5) is 5.44. The second kappa shape index (κ2) is 10.5. The van der Waals surface area contributed by atoms with Crippen LogP contribution in [0, 0.1) is 0 Å². The molecule has 2 saturated heterocycles. The molecule has 1 N–H and O–H groups in total. The van der Waals surface area contributed by atoms with Gasteiger partial charge in [0.05, 0.1) is 6.17 Å². The lowest BCUT2D eigenvalue weighted by atomic mass is 10.2. The number of ether oxygens (including phenoxy) is 1. The van der Waals surface area contributed by atoms with Gasteiger partial charge in [-0.2, -0.15) is 0 Å². The van der Waals surface area contributed by atoms with Gasteiger partial charge in [-0.05, 0) is 84.2 Å². The summed E-state index contributed by atoms with van der Waals surface area (Å²) in [6, 6.07) is 0. The van der Waals surface area contributed by atoms with E-state index in [1.165, 1.54) is 58.3 Å². The second-order valence-corrected chi connectivity index (χ2v) is 6.47. The first-order chi connectivity index (χ1) is 10.4. The number of hydrogen-bond acceptors (Lipinski definition) is 4. The van der Waals surface area contributed by atoms with Gasteiger partial charge < -0.3 is 10.1 Å². The van der Waals surface area contributed by atoms with E-state index in [4.69, 9.17) is 4.74 Å². The van der Waals surface area contributed by atoms with E-state index >= 15 is 0 Å². The summed E-state index contributed by atoms with van der Waals surface area (Å²) in [5, 5.41) is 3.61. The van der Waals surface area contributed by atoms with E-state index < -0.39 is 0 Å². The van der Waals surface area contributed by atoms with Crippen molar-refractivity contribution in [1.82, 2.24) is 15.1 Å². The molecule has 2 heterocycles. The van der Waals surface area contributed by atoms with E-state index in [1.807, 2.05) is 0 Å². The van der Waals surface area contributed by atoms with Gasteiger partial charge in [-0.1, -0.05) is 6.92 Å². The predicted molar refractivity (Wildman–Crippen MR) is 88.6 cm³/mol. The Morgan fingerprint density at radius 1 is 0.905 bits per heavy atom. The van der Waals surface area contributed by atoms with Crippen LogP contribution >= 0.6 is 0 Å². The Bertz CT molecular complexity index is 234. The molecule has 4 heteroatoms. The maximum Gasteiger partial charge on any atom is 0.0634 e. The lowest BCUT2D eigenvalue weighted by Crippen LogP contribution is -2.47. The normalized spacial score (nSPS) is 20.9. The van der Waals surface area contributed by atoms with Gasteiger partial charge in [0.25, 0.3) is 0 Å². The molecular weight excluding hydrogens is 262 g/mol. The third-order valence-electron chi connectivity index (χ3n) is 4.69. The van der Waals surface area contributed by atoms with Crippen LogP contribution < -0.4 is 5.32 Å². The van der Waals surface area contributed by atoms with Crippen molar-refractivity contribution in [2.45, 2.75) is 58.0 Å². The van der Waals surface area contributed by atoms with E-state index in [0.717, 1.165) is 39.1 Å². The molecule has 0 radical (unpaired) electrons. The summed E-state index contributed by atoms with van der Waals surface area (Å²) in [6.07, 6.45) is 9.81. The van der Waals surface area contributed by atoms with Gasteiger partial charge in [0.15, 0.2) is 0 Å². The number of likely N-dealkylation sites (tertiary alicyclic amines) is 2. The van der Waals surface area contributed by atoms with Gasteiger partial charge in [-0.15, -0.1) is 0 Å². The Morgan fingerprint density at radius 2 is 1.52 bits per heavy atom. The number of nitrogens with zero attached hydrogens (tertiary/aromatic N) is 2. The molecule has 2 aliphatic heterocycles. The van der Waals surface area contributed by atoms with Crippen molar-refractivity contribution >= 4 is 0 Å². The smallest absolute Gasteiger partial charge is 0.0634 e. The highest BCUT2D eigenvalue weighted by Gasteiger charge is 2.28.